The number of benzene rings is 2. The van der Waals surface area contributed by atoms with Gasteiger partial charge in [0.2, 0.25) is 11.8 Å². The van der Waals surface area contributed by atoms with Gasteiger partial charge in [-0.1, -0.05) is 88.4 Å². The number of hydrogen-bond acceptors (Lipinski definition) is 9. The molecule has 0 aromatic heterocycles. The summed E-state index contributed by atoms with van der Waals surface area (Å²) in [7, 11) is 0.628. The summed E-state index contributed by atoms with van der Waals surface area (Å²) in [5.41, 5.74) is 5.50. The fraction of sp³-hybridized carbons (Fsp3) is 0.595. The summed E-state index contributed by atoms with van der Waals surface area (Å²) in [5.74, 6) is -0.610. The van der Waals surface area contributed by atoms with Crippen molar-refractivity contribution in [2.45, 2.75) is 123 Å². The van der Waals surface area contributed by atoms with E-state index in [9.17, 15) is 24.0 Å². The van der Waals surface area contributed by atoms with Gasteiger partial charge < -0.3 is 35.9 Å². The van der Waals surface area contributed by atoms with Gasteiger partial charge in [0, 0.05) is 13.0 Å². The average molecular weight is 1490 g/mol. The Kier molecular flexibility index (Phi) is 29.5. The third-order valence-electron chi connectivity index (χ3n) is 9.15. The van der Waals surface area contributed by atoms with Gasteiger partial charge in [-0.25, -0.2) is 4.79 Å². The maximum absolute atomic E-state index is 13.1. The van der Waals surface area contributed by atoms with E-state index >= 15 is 0 Å². The molecule has 6 atom stereocenters. The number of rotatable bonds is 18. The topological polar surface area (TPSA) is 182 Å². The van der Waals surface area contributed by atoms with Crippen molar-refractivity contribution < 1.29 is 52.6 Å². The molecule has 4 rings (SSSR count). The summed E-state index contributed by atoms with van der Waals surface area (Å²) in [6.45, 7) is 17.9. The number of Topliss-reactive ketones (excluding diaryl/α,β-unsaturated/α-hetero) is 2. The monoisotopic (exact) mass is 1490 g/mol. The number of carbonyl (C=O) groups excluding carboxylic acids is 5. The fourth-order valence-corrected chi connectivity index (χ4v) is 5.90. The molecule has 2 aromatic carbocycles. The molecule has 0 spiro atoms. The van der Waals surface area contributed by atoms with Crippen molar-refractivity contribution in [3.8, 4) is 0 Å². The molecule has 2 aromatic rings. The van der Waals surface area contributed by atoms with E-state index in [0.717, 1.165) is 11.1 Å². The van der Waals surface area contributed by atoms with Crippen LogP contribution in [0, 0.1) is 17.8 Å². The van der Waals surface area contributed by atoms with E-state index in [-0.39, 0.29) is 47.2 Å². The van der Waals surface area contributed by atoms with Crippen molar-refractivity contribution >= 4 is 129 Å². The van der Waals surface area contributed by atoms with Crippen molar-refractivity contribution in [2.75, 3.05) is 19.8 Å². The normalized spacial score (nSPS) is 19.4. The minimum atomic E-state index is -0.877. The molecule has 2 heterocycles. The third kappa shape index (κ3) is 26.0. The van der Waals surface area contributed by atoms with Gasteiger partial charge in [0.15, 0.2) is 11.6 Å². The van der Waals surface area contributed by atoms with E-state index in [4.69, 9.17) is 19.9 Å². The number of carbonyl (C=O) groups is 5. The minimum absolute atomic E-state index is 0.0416. The van der Waals surface area contributed by atoms with Crippen molar-refractivity contribution in [1.29, 1.82) is 0 Å². The Labute approximate surface area is 430 Å². The number of ketones is 2. The second-order valence-corrected chi connectivity index (χ2v) is 64.1. The second kappa shape index (κ2) is 30.1. The van der Waals surface area contributed by atoms with Gasteiger partial charge in [-0.15, -0.1) is 0 Å². The Hall–Kier alpha value is 0.689. The van der Waals surface area contributed by atoms with Crippen LogP contribution < -0.4 is 21.7 Å². The number of halogens is 5. The molecule has 3 amide bonds. The molecule has 343 valence electrons. The van der Waals surface area contributed by atoms with Crippen molar-refractivity contribution in [3.05, 3.63) is 71.8 Å². The summed E-state index contributed by atoms with van der Waals surface area (Å²) in [5, 5.41) is 8.42. The Bertz CT molecular complexity index is 1650. The first-order valence-corrected chi connectivity index (χ1v) is 42.4. The molecular formula is C42H62I5N4O8V2. The average Bonchev–Trinajstić information content (AvgIpc) is 4.10. The fourth-order valence-electron chi connectivity index (χ4n) is 5.90. The molecule has 2 fully saturated rings. The van der Waals surface area contributed by atoms with Crippen LogP contribution in [-0.2, 0) is 60.6 Å². The molecule has 0 unspecified atom stereocenters. The van der Waals surface area contributed by atoms with Crippen molar-refractivity contribution in [1.82, 2.24) is 16.0 Å². The number of hydrogen-bond donors (Lipinski definition) is 4. The van der Waals surface area contributed by atoms with E-state index in [2.05, 4.69) is 116 Å². The zero-order valence-electron chi connectivity index (χ0n) is 36.3. The van der Waals surface area contributed by atoms with Gasteiger partial charge in [0.25, 0.3) is 0 Å². The predicted octanol–water partition coefficient (Wildman–Crippen LogP) is 9.13. The van der Waals surface area contributed by atoms with Crippen LogP contribution in [0.1, 0.15) is 86.3 Å². The van der Waals surface area contributed by atoms with Gasteiger partial charge in [-0.05, 0) is 76.8 Å². The number of ether oxygens (including phenoxy) is 3. The van der Waals surface area contributed by atoms with Crippen LogP contribution in [0.25, 0.3) is 0 Å². The molecule has 0 aliphatic carbocycles. The summed E-state index contributed by atoms with van der Waals surface area (Å²) >= 11 is 12.1. The first-order chi connectivity index (χ1) is 28.4. The third-order valence-corrected chi connectivity index (χ3v) is 9.15. The van der Waals surface area contributed by atoms with Gasteiger partial charge in [-0.2, -0.15) is 0 Å². The van der Waals surface area contributed by atoms with Gasteiger partial charge in [0.1, 0.15) is 22.8 Å². The molecular weight excluding hydrogens is 1420 g/mol. The van der Waals surface area contributed by atoms with Gasteiger partial charge in [0.05, 0.1) is 31.2 Å². The number of nitrogens with one attached hydrogen (secondary N) is 3. The zero-order chi connectivity index (χ0) is 46.6. The quantitative estimate of drug-likeness (QED) is 0.0836. The van der Waals surface area contributed by atoms with Crippen LogP contribution in [0.3, 0.4) is 0 Å². The number of epoxide rings is 2. The molecule has 12 nitrogen and oxygen atoms in total. The van der Waals surface area contributed by atoms with Crippen molar-refractivity contribution in [3.63, 3.8) is 0 Å². The number of amides is 3. The Balaban J connectivity index is 0.000000538. The van der Waals surface area contributed by atoms with E-state index < -0.39 is 46.9 Å². The predicted molar refractivity (Wildman–Crippen MR) is 278 cm³/mol. The van der Waals surface area contributed by atoms with Crippen LogP contribution in [0.5, 0.6) is 0 Å². The maximum atomic E-state index is 13.1. The molecule has 0 radical (unpaired) electrons. The molecule has 0 bridgehead atoms. The van der Waals surface area contributed by atoms with Gasteiger partial charge >= 0.3 is 120 Å². The molecule has 61 heavy (non-hydrogen) atoms. The summed E-state index contributed by atoms with van der Waals surface area (Å²) < 4.78 is 15.9. The Morgan fingerprint density at radius 1 is 0.721 bits per heavy atom. The number of alkyl carbamates (subject to hydrolysis) is 1. The zero-order valence-corrected chi connectivity index (χ0v) is 49.9. The van der Waals surface area contributed by atoms with Crippen LogP contribution in [0.4, 0.5) is 4.79 Å². The molecule has 5 N–H and O–H groups in total. The van der Waals surface area contributed by atoms with E-state index in [1.165, 1.54) is 0 Å². The summed E-state index contributed by atoms with van der Waals surface area (Å²) in [4.78, 5) is 63.2. The van der Waals surface area contributed by atoms with E-state index in [1.807, 2.05) is 88.4 Å². The van der Waals surface area contributed by atoms with Crippen LogP contribution in [0.2, 0.25) is 0 Å². The SMILES string of the molecule is CC(C)C[C@H](NC(=O)[C@@H](CN)Cc1ccccc1)C(=O)[C@@]1(C)CO1.CC(C)C[C@H](NC(=O)[C@H](Cc1ccccc1)NC(=O)OC(C)(C)C)C(=O)[C@@]1(C)CO1.[I][V]([I])[I].[I][V][I]. The molecule has 19 heteroatoms. The van der Waals surface area contributed by atoms with E-state index in [0.29, 0.717) is 47.9 Å². The first kappa shape index (κ1) is 59.7. The standard InChI is InChI=1S/C23H34N2O5.C19H28N2O3.5HI.2V/c1-15(2)12-17(19(26)23(6)14-29-23)24-20(27)18(13-16-10-8-7-9-11-16)25-21(28)30-22(3,4)5;1-13(2)9-16(17(22)19(3)12-24-19)21-18(23)15(11-20)10-14-7-5-4-6-8-14;;;;;;;/h7-11,15,17-18H,12-14H2,1-6H3,(H,24,27)(H,25,28);4-8,13,15-16H,9-12,20H2,1-3H3,(H,21,23);5*1H;;/q;;;;;;;+2;+3/p-5/t17-,18-,23+;15-,16+,19-;;;;;;;/m01......./s1. The van der Waals surface area contributed by atoms with Gasteiger partial charge in [-0.3, -0.25) is 19.2 Å². The molecule has 2 aliphatic heterocycles. The van der Waals surface area contributed by atoms with Crippen LogP contribution in [-0.4, -0.2) is 84.2 Å². The number of nitrogens with two attached hydrogens (primary N) is 1. The second-order valence-electron chi connectivity index (χ2n) is 16.9. The molecule has 2 saturated heterocycles. The van der Waals surface area contributed by atoms with Crippen molar-refractivity contribution in [2.24, 2.45) is 23.5 Å². The molecule has 0 saturated carbocycles. The summed E-state index contributed by atoms with van der Waals surface area (Å²) in [6, 6.07) is 17.1. The van der Waals surface area contributed by atoms with E-state index in [1.54, 1.807) is 34.6 Å². The first-order valence-electron chi connectivity index (χ1n) is 19.8. The Morgan fingerprint density at radius 2 is 1.08 bits per heavy atom. The summed E-state index contributed by atoms with van der Waals surface area (Å²) in [6.07, 6.45) is 1.27. The molecule has 2 aliphatic rings. The Morgan fingerprint density at radius 3 is 1.41 bits per heavy atom. The van der Waals surface area contributed by atoms with Crippen LogP contribution >= 0.6 is 99.9 Å². The van der Waals surface area contributed by atoms with Crippen LogP contribution in [0.15, 0.2) is 60.7 Å².